The average Bonchev–Trinajstić information content (AvgIpc) is 3.19. The highest BCUT2D eigenvalue weighted by atomic mass is 32.1. The fourth-order valence-electron chi connectivity index (χ4n) is 3.54. The Bertz CT molecular complexity index is 1350. The number of carboxylic acid groups (broad SMARTS) is 2. The van der Waals surface area contributed by atoms with E-state index in [4.69, 9.17) is 14.6 Å². The van der Waals surface area contributed by atoms with Crippen LogP contribution in [-0.4, -0.2) is 28.8 Å². The van der Waals surface area contributed by atoms with E-state index in [1.165, 1.54) is 0 Å². The lowest BCUT2D eigenvalue weighted by Gasteiger charge is -2.11. The summed E-state index contributed by atoms with van der Waals surface area (Å²) in [7, 11) is 0. The molecule has 0 aliphatic heterocycles. The van der Waals surface area contributed by atoms with E-state index in [2.05, 4.69) is 5.32 Å². The summed E-state index contributed by atoms with van der Waals surface area (Å²) in [5.74, 6) is -0.722. The van der Waals surface area contributed by atoms with Crippen molar-refractivity contribution in [2.45, 2.75) is 13.5 Å². The Labute approximate surface area is 206 Å². The SMILES string of the molecule is Cc1c(-c2cccc(NCc3cccc(Oc4ccccc4)c3)c2)sc(C(=O)O)c1OCC(=O)O. The van der Waals surface area contributed by atoms with E-state index in [0.717, 1.165) is 39.7 Å². The molecule has 35 heavy (non-hydrogen) atoms. The molecule has 1 heterocycles. The number of thiophene rings is 1. The largest absolute Gasteiger partial charge is 0.480 e. The molecule has 4 rings (SSSR count). The summed E-state index contributed by atoms with van der Waals surface area (Å²) in [6.45, 7) is 1.69. The van der Waals surface area contributed by atoms with E-state index in [1.54, 1.807) is 6.92 Å². The summed E-state index contributed by atoms with van der Waals surface area (Å²) < 4.78 is 11.2. The lowest BCUT2D eigenvalue weighted by Crippen LogP contribution is -2.11. The average molecular weight is 490 g/mol. The molecule has 0 atom stereocenters. The number of aliphatic carboxylic acids is 1. The van der Waals surface area contributed by atoms with Crippen LogP contribution in [0.15, 0.2) is 78.9 Å². The molecule has 178 valence electrons. The molecular weight excluding hydrogens is 466 g/mol. The van der Waals surface area contributed by atoms with Crippen LogP contribution in [0.1, 0.15) is 20.8 Å². The molecule has 0 radical (unpaired) electrons. The molecule has 0 aliphatic rings. The zero-order valence-corrected chi connectivity index (χ0v) is 19.7. The molecule has 0 spiro atoms. The number of benzene rings is 3. The third kappa shape index (κ3) is 5.99. The van der Waals surface area contributed by atoms with Crippen molar-refractivity contribution in [2.75, 3.05) is 11.9 Å². The molecule has 0 unspecified atom stereocenters. The highest BCUT2D eigenvalue weighted by Gasteiger charge is 2.23. The Morgan fingerprint density at radius 2 is 1.66 bits per heavy atom. The van der Waals surface area contributed by atoms with Crippen molar-refractivity contribution in [3.63, 3.8) is 0 Å². The highest BCUT2D eigenvalue weighted by Crippen LogP contribution is 2.42. The van der Waals surface area contributed by atoms with Crippen LogP contribution < -0.4 is 14.8 Å². The number of hydrogen-bond donors (Lipinski definition) is 3. The molecule has 7 nitrogen and oxygen atoms in total. The number of rotatable bonds is 10. The van der Waals surface area contributed by atoms with Crippen LogP contribution >= 0.6 is 11.3 Å². The number of anilines is 1. The van der Waals surface area contributed by atoms with Gasteiger partial charge in [0, 0.05) is 22.7 Å². The molecule has 1 aromatic heterocycles. The Balaban J connectivity index is 1.50. The van der Waals surface area contributed by atoms with Crippen molar-refractivity contribution in [1.29, 1.82) is 0 Å². The molecule has 0 bridgehead atoms. The topological polar surface area (TPSA) is 105 Å². The van der Waals surface area contributed by atoms with Crippen molar-refractivity contribution < 1.29 is 29.3 Å². The fourth-order valence-corrected chi connectivity index (χ4v) is 4.63. The second-order valence-electron chi connectivity index (χ2n) is 7.70. The summed E-state index contributed by atoms with van der Waals surface area (Å²) >= 11 is 1.06. The monoisotopic (exact) mass is 489 g/mol. The van der Waals surface area contributed by atoms with Crippen LogP contribution in [0.2, 0.25) is 0 Å². The van der Waals surface area contributed by atoms with Crippen molar-refractivity contribution in [2.24, 2.45) is 0 Å². The number of carbonyl (C=O) groups is 2. The van der Waals surface area contributed by atoms with Crippen LogP contribution in [-0.2, 0) is 11.3 Å². The second kappa shape index (κ2) is 10.8. The number of hydrogen-bond acceptors (Lipinski definition) is 6. The van der Waals surface area contributed by atoms with Gasteiger partial charge in [0.1, 0.15) is 17.2 Å². The molecule has 8 heteroatoms. The maximum absolute atomic E-state index is 11.7. The minimum absolute atomic E-state index is 0.0210. The lowest BCUT2D eigenvalue weighted by atomic mass is 10.1. The zero-order valence-electron chi connectivity index (χ0n) is 18.9. The maximum Gasteiger partial charge on any atom is 0.349 e. The third-order valence-electron chi connectivity index (χ3n) is 5.12. The van der Waals surface area contributed by atoms with E-state index >= 15 is 0 Å². The first kappa shape index (κ1) is 23.8. The molecule has 0 saturated carbocycles. The molecule has 3 N–H and O–H groups in total. The molecule has 0 amide bonds. The van der Waals surface area contributed by atoms with Gasteiger partial charge in [-0.25, -0.2) is 9.59 Å². The summed E-state index contributed by atoms with van der Waals surface area (Å²) in [5, 5.41) is 21.9. The molecular formula is C27H23NO6S. The van der Waals surface area contributed by atoms with Crippen LogP contribution in [0, 0.1) is 6.92 Å². The van der Waals surface area contributed by atoms with Crippen LogP contribution in [0.3, 0.4) is 0 Å². The van der Waals surface area contributed by atoms with Gasteiger partial charge in [-0.3, -0.25) is 0 Å². The summed E-state index contributed by atoms with van der Waals surface area (Å²) in [6.07, 6.45) is 0. The first-order valence-electron chi connectivity index (χ1n) is 10.8. The van der Waals surface area contributed by atoms with Crippen LogP contribution in [0.4, 0.5) is 5.69 Å². The van der Waals surface area contributed by atoms with E-state index in [9.17, 15) is 14.7 Å². The van der Waals surface area contributed by atoms with E-state index < -0.39 is 18.5 Å². The Kier molecular flexibility index (Phi) is 7.32. The number of carboxylic acids is 2. The minimum atomic E-state index is -1.17. The predicted molar refractivity (Wildman–Crippen MR) is 135 cm³/mol. The van der Waals surface area contributed by atoms with Gasteiger partial charge >= 0.3 is 11.9 Å². The first-order valence-corrected chi connectivity index (χ1v) is 11.6. The van der Waals surface area contributed by atoms with Crippen molar-refractivity contribution >= 4 is 29.0 Å². The highest BCUT2D eigenvalue weighted by molar-refractivity contribution is 7.18. The Hall–Kier alpha value is -4.30. The van der Waals surface area contributed by atoms with Gasteiger partial charge in [-0.05, 0) is 54.4 Å². The quantitative estimate of drug-likeness (QED) is 0.240. The van der Waals surface area contributed by atoms with Gasteiger partial charge < -0.3 is 25.0 Å². The third-order valence-corrected chi connectivity index (χ3v) is 6.43. The fraction of sp³-hybridized carbons (Fsp3) is 0.111. The number of aromatic carboxylic acids is 1. The number of para-hydroxylation sites is 1. The standard InChI is InChI=1S/C27H23NO6S/c1-17-24(33-16-23(29)30)26(27(31)32)35-25(17)19-8-6-9-20(14-19)28-15-18-7-5-12-22(13-18)34-21-10-3-2-4-11-21/h2-14,28H,15-16H2,1H3,(H,29,30)(H,31,32). The van der Waals surface area contributed by atoms with Crippen LogP contribution in [0.5, 0.6) is 17.2 Å². The summed E-state index contributed by atoms with van der Waals surface area (Å²) in [4.78, 5) is 23.3. The van der Waals surface area contributed by atoms with Crippen molar-refractivity contribution in [1.82, 2.24) is 0 Å². The zero-order chi connectivity index (χ0) is 24.8. The second-order valence-corrected chi connectivity index (χ2v) is 8.72. The molecule has 4 aromatic rings. The summed E-state index contributed by atoms with van der Waals surface area (Å²) in [6, 6.07) is 25.0. The molecule has 3 aromatic carbocycles. The molecule has 0 aliphatic carbocycles. The molecule has 0 fully saturated rings. The lowest BCUT2D eigenvalue weighted by molar-refractivity contribution is -0.139. The van der Waals surface area contributed by atoms with Gasteiger partial charge in [-0.2, -0.15) is 0 Å². The van der Waals surface area contributed by atoms with Gasteiger partial charge in [0.05, 0.1) is 0 Å². The van der Waals surface area contributed by atoms with Crippen molar-refractivity contribution in [3.05, 3.63) is 94.9 Å². The first-order chi connectivity index (χ1) is 16.9. The van der Waals surface area contributed by atoms with Crippen LogP contribution in [0.25, 0.3) is 10.4 Å². The van der Waals surface area contributed by atoms with E-state index in [-0.39, 0.29) is 10.6 Å². The van der Waals surface area contributed by atoms with Crippen molar-refractivity contribution in [3.8, 4) is 27.7 Å². The smallest absolute Gasteiger partial charge is 0.349 e. The van der Waals surface area contributed by atoms with Gasteiger partial charge in [0.25, 0.3) is 0 Å². The van der Waals surface area contributed by atoms with E-state index in [1.807, 2.05) is 78.9 Å². The normalized spacial score (nSPS) is 10.5. The van der Waals surface area contributed by atoms with Gasteiger partial charge in [0.15, 0.2) is 11.5 Å². The van der Waals surface area contributed by atoms with Gasteiger partial charge in [-0.1, -0.05) is 42.5 Å². The van der Waals surface area contributed by atoms with E-state index in [0.29, 0.717) is 17.0 Å². The van der Waals surface area contributed by atoms with Gasteiger partial charge in [0.2, 0.25) is 0 Å². The molecule has 0 saturated heterocycles. The number of ether oxygens (including phenoxy) is 2. The van der Waals surface area contributed by atoms with Gasteiger partial charge in [-0.15, -0.1) is 11.3 Å². The number of nitrogens with one attached hydrogen (secondary N) is 1. The minimum Gasteiger partial charge on any atom is -0.480 e. The Morgan fingerprint density at radius 3 is 2.40 bits per heavy atom. The predicted octanol–water partition coefficient (Wildman–Crippen LogP) is 6.29. The maximum atomic E-state index is 11.7. The Morgan fingerprint density at radius 1 is 0.914 bits per heavy atom. The summed E-state index contributed by atoms with van der Waals surface area (Å²) in [5.41, 5.74) is 3.30.